The first-order chi connectivity index (χ1) is 10.5. The molecule has 0 aliphatic heterocycles. The SMILES string of the molecule is Cc1nc(CNC(=O)CC(C)NC(=O)c2ccccc2)no1. The van der Waals surface area contributed by atoms with E-state index in [2.05, 4.69) is 20.8 Å². The average molecular weight is 302 g/mol. The highest BCUT2D eigenvalue weighted by Crippen LogP contribution is 2.01. The largest absolute Gasteiger partial charge is 0.349 e. The van der Waals surface area contributed by atoms with Crippen molar-refractivity contribution in [2.45, 2.75) is 32.9 Å². The molecule has 0 radical (unpaired) electrons. The number of carbonyl (C=O) groups is 2. The van der Waals surface area contributed by atoms with Gasteiger partial charge in [0.05, 0.1) is 6.54 Å². The van der Waals surface area contributed by atoms with Gasteiger partial charge in [-0.05, 0) is 19.1 Å². The smallest absolute Gasteiger partial charge is 0.251 e. The van der Waals surface area contributed by atoms with Crippen molar-refractivity contribution in [2.75, 3.05) is 0 Å². The summed E-state index contributed by atoms with van der Waals surface area (Å²) in [5.41, 5.74) is 0.567. The van der Waals surface area contributed by atoms with Gasteiger partial charge < -0.3 is 15.2 Å². The van der Waals surface area contributed by atoms with Gasteiger partial charge in [0, 0.05) is 24.9 Å². The standard InChI is InChI=1S/C15H18N4O3/c1-10(17-15(21)12-6-4-3-5-7-12)8-14(20)16-9-13-18-11(2)22-19-13/h3-7,10H,8-9H2,1-2H3,(H,16,20)(H,17,21). The van der Waals surface area contributed by atoms with Crippen molar-refractivity contribution in [2.24, 2.45) is 0 Å². The van der Waals surface area contributed by atoms with Crippen molar-refractivity contribution in [3.8, 4) is 0 Å². The number of aryl methyl sites for hydroxylation is 1. The highest BCUT2D eigenvalue weighted by Gasteiger charge is 2.13. The van der Waals surface area contributed by atoms with Gasteiger partial charge in [-0.3, -0.25) is 9.59 Å². The first kappa shape index (κ1) is 15.7. The van der Waals surface area contributed by atoms with Crippen LogP contribution in [-0.2, 0) is 11.3 Å². The van der Waals surface area contributed by atoms with Gasteiger partial charge in [-0.15, -0.1) is 0 Å². The molecule has 1 aromatic carbocycles. The van der Waals surface area contributed by atoms with Crippen LogP contribution in [0.5, 0.6) is 0 Å². The summed E-state index contributed by atoms with van der Waals surface area (Å²) < 4.78 is 4.81. The minimum atomic E-state index is -0.278. The molecule has 0 aliphatic carbocycles. The third-order valence-electron chi connectivity index (χ3n) is 2.92. The van der Waals surface area contributed by atoms with Gasteiger partial charge in [-0.1, -0.05) is 23.4 Å². The molecule has 1 heterocycles. The normalized spacial score (nSPS) is 11.7. The third kappa shape index (κ3) is 4.69. The van der Waals surface area contributed by atoms with Crippen molar-refractivity contribution in [1.82, 2.24) is 20.8 Å². The Morgan fingerprint density at radius 2 is 2.00 bits per heavy atom. The summed E-state index contributed by atoms with van der Waals surface area (Å²) in [5.74, 6) is 0.484. The summed E-state index contributed by atoms with van der Waals surface area (Å²) in [6.45, 7) is 3.66. The van der Waals surface area contributed by atoms with Crippen molar-refractivity contribution in [3.05, 3.63) is 47.6 Å². The van der Waals surface area contributed by atoms with Gasteiger partial charge in [0.15, 0.2) is 5.82 Å². The molecule has 0 saturated carbocycles. The number of benzene rings is 1. The number of rotatable bonds is 6. The molecule has 116 valence electrons. The van der Waals surface area contributed by atoms with Crippen LogP contribution in [0.15, 0.2) is 34.9 Å². The fourth-order valence-corrected chi connectivity index (χ4v) is 1.89. The highest BCUT2D eigenvalue weighted by atomic mass is 16.5. The number of carbonyl (C=O) groups excluding carboxylic acids is 2. The summed E-state index contributed by atoms with van der Waals surface area (Å²) >= 11 is 0. The molecule has 0 spiro atoms. The molecule has 7 heteroatoms. The Kier molecular flexibility index (Phi) is 5.24. The monoisotopic (exact) mass is 302 g/mol. The molecule has 2 N–H and O–H groups in total. The molecule has 1 aromatic heterocycles. The van der Waals surface area contributed by atoms with E-state index in [9.17, 15) is 9.59 Å². The lowest BCUT2D eigenvalue weighted by Gasteiger charge is -2.13. The molecule has 0 saturated heterocycles. The maximum Gasteiger partial charge on any atom is 0.251 e. The lowest BCUT2D eigenvalue weighted by atomic mass is 10.1. The Labute approximate surface area is 128 Å². The third-order valence-corrected chi connectivity index (χ3v) is 2.92. The maximum absolute atomic E-state index is 11.9. The van der Waals surface area contributed by atoms with E-state index >= 15 is 0 Å². The van der Waals surface area contributed by atoms with Gasteiger partial charge in [-0.25, -0.2) is 0 Å². The van der Waals surface area contributed by atoms with Crippen molar-refractivity contribution in [1.29, 1.82) is 0 Å². The molecule has 1 unspecified atom stereocenters. The second kappa shape index (κ2) is 7.35. The van der Waals surface area contributed by atoms with E-state index in [0.717, 1.165) is 0 Å². The number of amides is 2. The molecular weight excluding hydrogens is 284 g/mol. The van der Waals surface area contributed by atoms with E-state index in [0.29, 0.717) is 17.3 Å². The van der Waals surface area contributed by atoms with Gasteiger partial charge in [0.2, 0.25) is 11.8 Å². The quantitative estimate of drug-likeness (QED) is 0.835. The number of nitrogens with zero attached hydrogens (tertiary/aromatic N) is 2. The van der Waals surface area contributed by atoms with Crippen LogP contribution in [0, 0.1) is 6.92 Å². The van der Waals surface area contributed by atoms with Crippen molar-refractivity contribution >= 4 is 11.8 Å². The average Bonchev–Trinajstić information content (AvgIpc) is 2.91. The van der Waals surface area contributed by atoms with Crippen LogP contribution in [0.3, 0.4) is 0 Å². The van der Waals surface area contributed by atoms with E-state index < -0.39 is 0 Å². The Hall–Kier alpha value is -2.70. The molecular formula is C15H18N4O3. The van der Waals surface area contributed by atoms with E-state index in [1.54, 1.807) is 38.1 Å². The van der Waals surface area contributed by atoms with Gasteiger partial charge in [0.25, 0.3) is 5.91 Å². The Morgan fingerprint density at radius 3 is 2.64 bits per heavy atom. The van der Waals surface area contributed by atoms with Crippen molar-refractivity contribution in [3.63, 3.8) is 0 Å². The molecule has 2 aromatic rings. The van der Waals surface area contributed by atoms with Crippen LogP contribution >= 0.6 is 0 Å². The molecule has 1 atom stereocenters. The molecule has 2 rings (SSSR count). The summed E-state index contributed by atoms with van der Waals surface area (Å²) in [6, 6.07) is 8.59. The van der Waals surface area contributed by atoms with Gasteiger partial charge >= 0.3 is 0 Å². The molecule has 0 bridgehead atoms. The van der Waals surface area contributed by atoms with Crippen LogP contribution < -0.4 is 10.6 Å². The number of hydrogen-bond acceptors (Lipinski definition) is 5. The second-order valence-corrected chi connectivity index (χ2v) is 4.95. The first-order valence-corrected chi connectivity index (χ1v) is 6.96. The van der Waals surface area contributed by atoms with E-state index in [4.69, 9.17) is 4.52 Å². The zero-order chi connectivity index (χ0) is 15.9. The fraction of sp³-hybridized carbons (Fsp3) is 0.333. The second-order valence-electron chi connectivity index (χ2n) is 4.95. The summed E-state index contributed by atoms with van der Waals surface area (Å²) in [4.78, 5) is 27.7. The lowest BCUT2D eigenvalue weighted by molar-refractivity contribution is -0.121. The predicted molar refractivity (Wildman–Crippen MR) is 78.9 cm³/mol. The van der Waals surface area contributed by atoms with Gasteiger partial charge in [-0.2, -0.15) is 4.98 Å². The molecule has 22 heavy (non-hydrogen) atoms. The van der Waals surface area contributed by atoms with Crippen LogP contribution in [0.25, 0.3) is 0 Å². The lowest BCUT2D eigenvalue weighted by Crippen LogP contribution is -2.37. The predicted octanol–water partition coefficient (Wildman–Crippen LogP) is 1.20. The zero-order valence-corrected chi connectivity index (χ0v) is 12.5. The minimum absolute atomic E-state index is 0.176. The fourth-order valence-electron chi connectivity index (χ4n) is 1.89. The van der Waals surface area contributed by atoms with Crippen molar-refractivity contribution < 1.29 is 14.1 Å². The van der Waals surface area contributed by atoms with Crippen LogP contribution in [0.4, 0.5) is 0 Å². The molecule has 0 aliphatic rings. The van der Waals surface area contributed by atoms with Crippen LogP contribution in [0.2, 0.25) is 0 Å². The summed E-state index contributed by atoms with van der Waals surface area (Å²) in [7, 11) is 0. The highest BCUT2D eigenvalue weighted by molar-refractivity contribution is 5.94. The topological polar surface area (TPSA) is 97.1 Å². The zero-order valence-electron chi connectivity index (χ0n) is 12.5. The number of hydrogen-bond donors (Lipinski definition) is 2. The molecule has 7 nitrogen and oxygen atoms in total. The van der Waals surface area contributed by atoms with Gasteiger partial charge in [0.1, 0.15) is 0 Å². The van der Waals surface area contributed by atoms with E-state index in [1.165, 1.54) is 0 Å². The van der Waals surface area contributed by atoms with Crippen LogP contribution in [-0.4, -0.2) is 28.0 Å². The van der Waals surface area contributed by atoms with E-state index in [1.807, 2.05) is 6.07 Å². The number of nitrogens with one attached hydrogen (secondary N) is 2. The minimum Gasteiger partial charge on any atom is -0.349 e. The Balaban J connectivity index is 1.75. The maximum atomic E-state index is 11.9. The summed E-state index contributed by atoms with van der Waals surface area (Å²) in [5, 5.41) is 9.15. The number of aromatic nitrogens is 2. The molecule has 2 amide bonds. The van der Waals surface area contributed by atoms with Crippen LogP contribution in [0.1, 0.15) is 35.4 Å². The van der Waals surface area contributed by atoms with E-state index in [-0.39, 0.29) is 30.8 Å². The Morgan fingerprint density at radius 1 is 1.27 bits per heavy atom. The Bertz CT molecular complexity index is 639. The first-order valence-electron chi connectivity index (χ1n) is 6.96. The summed E-state index contributed by atoms with van der Waals surface area (Å²) in [6.07, 6.45) is 0.176. The molecule has 0 fully saturated rings.